The van der Waals surface area contributed by atoms with Gasteiger partial charge in [0, 0.05) is 18.3 Å². The van der Waals surface area contributed by atoms with E-state index in [0.717, 1.165) is 17.8 Å². The van der Waals surface area contributed by atoms with Gasteiger partial charge in [0.25, 0.3) is 0 Å². The molecule has 114 valence electrons. The summed E-state index contributed by atoms with van der Waals surface area (Å²) in [5.74, 6) is 0. The Kier molecular flexibility index (Phi) is 3.90. The predicted molar refractivity (Wildman–Crippen MR) is 89.7 cm³/mol. The van der Waals surface area contributed by atoms with Crippen LogP contribution in [0.2, 0.25) is 0 Å². The molecule has 0 aromatic heterocycles. The SMILES string of the molecule is CC(C)(O)CN1C(Cc2ccccc2)=CC=C2NC=CC=C21. The number of β-amino-alcohol motifs (C(OH)–C–C–N with tert-alkyl or cyclic N) is 1. The van der Waals surface area contributed by atoms with E-state index in [4.69, 9.17) is 0 Å². The Bertz CT molecular complexity index is 660. The minimum absolute atomic E-state index is 0.560. The molecule has 2 heterocycles. The predicted octanol–water partition coefficient (Wildman–Crippen LogP) is 3.08. The molecule has 0 atom stereocenters. The van der Waals surface area contributed by atoms with Crippen LogP contribution in [0.25, 0.3) is 0 Å². The zero-order valence-electron chi connectivity index (χ0n) is 13.1. The summed E-state index contributed by atoms with van der Waals surface area (Å²) in [4.78, 5) is 2.21. The van der Waals surface area contributed by atoms with Crippen molar-refractivity contribution < 1.29 is 5.11 Å². The zero-order valence-corrected chi connectivity index (χ0v) is 13.1. The molecule has 0 saturated carbocycles. The van der Waals surface area contributed by atoms with E-state index in [1.807, 2.05) is 32.2 Å². The minimum atomic E-state index is -0.764. The first kappa shape index (κ1) is 14.7. The van der Waals surface area contributed by atoms with Crippen LogP contribution in [-0.4, -0.2) is 22.2 Å². The van der Waals surface area contributed by atoms with Crippen LogP contribution in [0.5, 0.6) is 0 Å². The fourth-order valence-corrected chi connectivity index (χ4v) is 2.77. The van der Waals surface area contributed by atoms with Gasteiger partial charge in [-0.25, -0.2) is 0 Å². The number of rotatable bonds is 4. The van der Waals surface area contributed by atoms with Crippen LogP contribution in [0.1, 0.15) is 19.4 Å². The van der Waals surface area contributed by atoms with Crippen LogP contribution in [-0.2, 0) is 6.42 Å². The molecule has 3 heteroatoms. The lowest BCUT2D eigenvalue weighted by Gasteiger charge is -2.38. The number of dihydropyridines is 1. The maximum absolute atomic E-state index is 10.3. The van der Waals surface area contributed by atoms with E-state index < -0.39 is 5.60 Å². The fraction of sp³-hybridized carbons (Fsp3) is 0.263. The van der Waals surface area contributed by atoms with Gasteiger partial charge < -0.3 is 15.3 Å². The molecule has 3 rings (SSSR count). The smallest absolute Gasteiger partial charge is 0.0770 e. The molecule has 22 heavy (non-hydrogen) atoms. The number of hydrogen-bond donors (Lipinski definition) is 2. The van der Waals surface area contributed by atoms with E-state index in [1.165, 1.54) is 11.3 Å². The van der Waals surface area contributed by atoms with E-state index in [1.54, 1.807) is 0 Å². The molecule has 0 saturated heterocycles. The number of benzene rings is 1. The summed E-state index contributed by atoms with van der Waals surface area (Å²) >= 11 is 0. The molecule has 2 N–H and O–H groups in total. The minimum Gasteiger partial charge on any atom is -0.389 e. The van der Waals surface area contributed by atoms with E-state index in [-0.39, 0.29) is 0 Å². The van der Waals surface area contributed by atoms with E-state index in [0.29, 0.717) is 6.54 Å². The first-order chi connectivity index (χ1) is 10.5. The molecular formula is C19H22N2O. The molecule has 1 aromatic rings. The second-order valence-electron chi connectivity index (χ2n) is 6.35. The highest BCUT2D eigenvalue weighted by atomic mass is 16.3. The summed E-state index contributed by atoms with van der Waals surface area (Å²) in [7, 11) is 0. The summed E-state index contributed by atoms with van der Waals surface area (Å²) in [6.45, 7) is 4.25. The van der Waals surface area contributed by atoms with Crippen LogP contribution in [0.4, 0.5) is 0 Å². The second-order valence-corrected chi connectivity index (χ2v) is 6.35. The second kappa shape index (κ2) is 5.85. The summed E-state index contributed by atoms with van der Waals surface area (Å²) < 4.78 is 0. The Morgan fingerprint density at radius 1 is 1.09 bits per heavy atom. The third-order valence-corrected chi connectivity index (χ3v) is 3.72. The van der Waals surface area contributed by atoms with Crippen molar-refractivity contribution in [3.63, 3.8) is 0 Å². The summed E-state index contributed by atoms with van der Waals surface area (Å²) in [6.07, 6.45) is 11.1. The number of allylic oxidation sites excluding steroid dienone is 5. The quantitative estimate of drug-likeness (QED) is 0.896. The highest BCUT2D eigenvalue weighted by Gasteiger charge is 2.27. The molecule has 1 aromatic carbocycles. The Morgan fingerprint density at radius 2 is 1.86 bits per heavy atom. The van der Waals surface area contributed by atoms with Crippen molar-refractivity contribution in [2.45, 2.75) is 25.9 Å². The Balaban J connectivity index is 1.92. The van der Waals surface area contributed by atoms with Gasteiger partial charge in [0.1, 0.15) is 0 Å². The third kappa shape index (κ3) is 3.31. The van der Waals surface area contributed by atoms with E-state index in [9.17, 15) is 5.11 Å². The largest absolute Gasteiger partial charge is 0.389 e. The average molecular weight is 294 g/mol. The number of nitrogens with zero attached hydrogens (tertiary/aromatic N) is 1. The molecule has 0 fully saturated rings. The molecule has 0 amide bonds. The summed E-state index contributed by atoms with van der Waals surface area (Å²) in [5, 5.41) is 13.6. The molecule has 0 radical (unpaired) electrons. The van der Waals surface area contributed by atoms with Gasteiger partial charge in [-0.05, 0) is 43.7 Å². The topological polar surface area (TPSA) is 35.5 Å². The van der Waals surface area contributed by atoms with Crippen LogP contribution in [0.15, 0.2) is 77.9 Å². The van der Waals surface area contributed by atoms with Crippen LogP contribution in [0.3, 0.4) is 0 Å². The summed E-state index contributed by atoms with van der Waals surface area (Å²) in [6, 6.07) is 10.4. The van der Waals surface area contributed by atoms with Gasteiger partial charge in [0.05, 0.1) is 23.5 Å². The van der Waals surface area contributed by atoms with Crippen LogP contribution < -0.4 is 5.32 Å². The molecule has 3 nitrogen and oxygen atoms in total. The number of hydrogen-bond acceptors (Lipinski definition) is 3. The first-order valence-electron chi connectivity index (χ1n) is 7.61. The van der Waals surface area contributed by atoms with Gasteiger partial charge in [-0.15, -0.1) is 0 Å². The van der Waals surface area contributed by atoms with Crippen molar-refractivity contribution in [2.24, 2.45) is 0 Å². The Hall–Kier alpha value is -2.26. The highest BCUT2D eigenvalue weighted by Crippen LogP contribution is 2.29. The molecule has 2 aliphatic heterocycles. The number of aliphatic hydroxyl groups is 1. The Labute approximate surface area is 132 Å². The summed E-state index contributed by atoms with van der Waals surface area (Å²) in [5.41, 5.74) is 3.88. The van der Waals surface area contributed by atoms with Gasteiger partial charge in [0.15, 0.2) is 0 Å². The molecule has 0 bridgehead atoms. The molecule has 0 unspecified atom stereocenters. The van der Waals surface area contributed by atoms with E-state index >= 15 is 0 Å². The highest BCUT2D eigenvalue weighted by molar-refractivity contribution is 5.45. The maximum Gasteiger partial charge on any atom is 0.0770 e. The third-order valence-electron chi connectivity index (χ3n) is 3.72. The van der Waals surface area contributed by atoms with Gasteiger partial charge >= 0.3 is 0 Å². The molecule has 0 aliphatic carbocycles. The van der Waals surface area contributed by atoms with Gasteiger partial charge in [-0.2, -0.15) is 0 Å². The number of fused-ring (bicyclic) bond motifs is 1. The van der Waals surface area contributed by atoms with Gasteiger partial charge in [-0.1, -0.05) is 30.3 Å². The first-order valence-corrected chi connectivity index (χ1v) is 7.61. The number of nitrogens with one attached hydrogen (secondary N) is 1. The van der Waals surface area contributed by atoms with Gasteiger partial charge in [-0.3, -0.25) is 0 Å². The zero-order chi connectivity index (χ0) is 15.6. The lowest BCUT2D eigenvalue weighted by atomic mass is 10.0. The normalized spacial score (nSPS) is 17.2. The van der Waals surface area contributed by atoms with E-state index in [2.05, 4.69) is 52.7 Å². The fourth-order valence-electron chi connectivity index (χ4n) is 2.77. The van der Waals surface area contributed by atoms with Crippen molar-refractivity contribution in [2.75, 3.05) is 6.54 Å². The standard InChI is InChI=1S/C19H22N2O/c1-19(2,22)14-21-16(13-15-7-4-3-5-8-15)10-11-17-18(21)9-6-12-20-17/h3-12,20,22H,13-14H2,1-2H3. The monoisotopic (exact) mass is 294 g/mol. The van der Waals surface area contributed by atoms with Gasteiger partial charge in [0.2, 0.25) is 0 Å². The van der Waals surface area contributed by atoms with Crippen molar-refractivity contribution in [1.82, 2.24) is 10.2 Å². The van der Waals surface area contributed by atoms with Crippen molar-refractivity contribution in [3.8, 4) is 0 Å². The maximum atomic E-state index is 10.3. The average Bonchev–Trinajstić information content (AvgIpc) is 2.49. The Morgan fingerprint density at radius 3 is 2.59 bits per heavy atom. The molecular weight excluding hydrogens is 272 g/mol. The van der Waals surface area contributed by atoms with Crippen LogP contribution >= 0.6 is 0 Å². The van der Waals surface area contributed by atoms with Crippen LogP contribution in [0, 0.1) is 0 Å². The van der Waals surface area contributed by atoms with Crippen molar-refractivity contribution in [1.29, 1.82) is 0 Å². The molecule has 0 spiro atoms. The van der Waals surface area contributed by atoms with Crippen molar-refractivity contribution >= 4 is 0 Å². The lowest BCUT2D eigenvalue weighted by molar-refractivity contribution is 0.0549. The molecule has 2 aliphatic rings. The van der Waals surface area contributed by atoms with Crippen molar-refractivity contribution in [3.05, 3.63) is 83.5 Å². The lowest BCUT2D eigenvalue weighted by Crippen LogP contribution is -2.40.